The van der Waals surface area contributed by atoms with E-state index in [1.54, 1.807) is 12.1 Å². The fourth-order valence-corrected chi connectivity index (χ4v) is 6.53. The lowest BCUT2D eigenvalue weighted by Crippen LogP contribution is -2.45. The Kier molecular flexibility index (Phi) is 6.05. The molecule has 2 fully saturated rings. The van der Waals surface area contributed by atoms with Gasteiger partial charge in [-0.3, -0.25) is 4.79 Å². The molecule has 0 unspecified atom stereocenters. The number of amides is 1. The van der Waals surface area contributed by atoms with Crippen molar-refractivity contribution in [1.82, 2.24) is 9.80 Å². The largest absolute Gasteiger partial charge is 0.395 e. The molecule has 0 spiro atoms. The highest BCUT2D eigenvalue weighted by Gasteiger charge is 2.42. The average Bonchev–Trinajstić information content (AvgIpc) is 3.10. The summed E-state index contributed by atoms with van der Waals surface area (Å²) < 4.78 is 23.6. The third-order valence-electron chi connectivity index (χ3n) is 7.74. The number of aliphatic hydroxyl groups excluding tert-OH is 1. The number of hydrogen-bond acceptors (Lipinski definition) is 5. The fraction of sp³-hybridized carbons (Fsp3) is 0.500. The maximum Gasteiger partial charge on any atom is 0.226 e. The number of nitrogens with zero attached hydrogens (tertiary/aromatic N) is 2. The van der Waals surface area contributed by atoms with Crippen LogP contribution >= 0.6 is 0 Å². The predicted octanol–water partition coefficient (Wildman–Crippen LogP) is 3.22. The predicted molar refractivity (Wildman–Crippen MR) is 128 cm³/mol. The van der Waals surface area contributed by atoms with Crippen LogP contribution in [0.25, 0.3) is 11.1 Å². The van der Waals surface area contributed by atoms with E-state index in [1.165, 1.54) is 17.4 Å². The van der Waals surface area contributed by atoms with Gasteiger partial charge in [0.05, 0.1) is 17.5 Å². The molecule has 6 nitrogen and oxygen atoms in total. The van der Waals surface area contributed by atoms with Crippen LogP contribution in [-0.4, -0.2) is 68.3 Å². The molecule has 33 heavy (non-hydrogen) atoms. The zero-order valence-corrected chi connectivity index (χ0v) is 19.9. The molecule has 2 bridgehead atoms. The van der Waals surface area contributed by atoms with Crippen LogP contribution in [-0.2, 0) is 14.6 Å². The van der Waals surface area contributed by atoms with Gasteiger partial charge in [-0.25, -0.2) is 8.42 Å². The number of benzene rings is 2. The Morgan fingerprint density at radius 3 is 2.33 bits per heavy atom. The molecule has 3 aliphatic rings. The lowest BCUT2D eigenvalue weighted by atomic mass is 9.91. The smallest absolute Gasteiger partial charge is 0.226 e. The van der Waals surface area contributed by atoms with Crippen molar-refractivity contribution in [2.24, 2.45) is 5.92 Å². The van der Waals surface area contributed by atoms with E-state index >= 15 is 0 Å². The van der Waals surface area contributed by atoms with Crippen LogP contribution in [0.15, 0.2) is 47.4 Å². The lowest BCUT2D eigenvalue weighted by molar-refractivity contribution is -0.140. The van der Waals surface area contributed by atoms with Gasteiger partial charge in [-0.2, -0.15) is 0 Å². The summed E-state index contributed by atoms with van der Waals surface area (Å²) in [5.41, 5.74) is 4.67. The van der Waals surface area contributed by atoms with Gasteiger partial charge in [-0.1, -0.05) is 24.3 Å². The minimum atomic E-state index is -3.22. The number of carbonyl (C=O) groups excluding carboxylic acids is 1. The number of fused-ring (bicyclic) bond motifs is 5. The van der Waals surface area contributed by atoms with Crippen molar-refractivity contribution in [3.05, 3.63) is 53.6 Å². The van der Waals surface area contributed by atoms with Crippen molar-refractivity contribution in [3.8, 4) is 11.1 Å². The molecule has 5 rings (SSSR count). The number of sulfone groups is 1. The molecule has 2 aliphatic heterocycles. The first-order valence-corrected chi connectivity index (χ1v) is 13.8. The maximum atomic E-state index is 13.5. The molecule has 176 valence electrons. The standard InChI is InChI=1S/C26H32N2O4S/c1-33(31,32)22-5-2-18(3-6-22)20-4-7-23-21-10-13-28(25(17-21)24(23)16-20)26(30)19-8-11-27(12-9-19)14-15-29/h2-7,16,19,21,25,29H,8-15,17H2,1H3/t21-,25+/m1/s1. The Bertz CT molecular complexity index is 1140. The molecule has 2 aromatic rings. The molecule has 1 N–H and O–H groups in total. The first-order valence-electron chi connectivity index (χ1n) is 11.9. The normalized spacial score (nSPS) is 23.5. The summed E-state index contributed by atoms with van der Waals surface area (Å²) in [5, 5.41) is 9.17. The third-order valence-corrected chi connectivity index (χ3v) is 8.87. The van der Waals surface area contributed by atoms with Gasteiger partial charge in [0.1, 0.15) is 0 Å². The maximum absolute atomic E-state index is 13.5. The van der Waals surface area contributed by atoms with E-state index in [9.17, 15) is 18.3 Å². The second-order valence-corrected chi connectivity index (χ2v) is 11.8. The average molecular weight is 469 g/mol. The lowest BCUT2D eigenvalue weighted by Gasteiger charge is -2.38. The van der Waals surface area contributed by atoms with E-state index in [-0.39, 0.29) is 24.5 Å². The number of β-amino-alcohol motifs (C(OH)–C–C–N with tert-alkyl or cyclic N) is 1. The number of aliphatic hydroxyl groups is 1. The zero-order valence-electron chi connectivity index (χ0n) is 19.1. The first kappa shape index (κ1) is 22.6. The van der Waals surface area contributed by atoms with Crippen LogP contribution < -0.4 is 0 Å². The Morgan fingerprint density at radius 1 is 0.970 bits per heavy atom. The summed E-state index contributed by atoms with van der Waals surface area (Å²) >= 11 is 0. The highest BCUT2D eigenvalue weighted by atomic mass is 32.2. The van der Waals surface area contributed by atoms with Gasteiger partial charge in [0, 0.05) is 25.3 Å². The van der Waals surface area contributed by atoms with Gasteiger partial charge >= 0.3 is 0 Å². The van der Waals surface area contributed by atoms with E-state index in [4.69, 9.17) is 0 Å². The van der Waals surface area contributed by atoms with Crippen LogP contribution in [0.2, 0.25) is 0 Å². The quantitative estimate of drug-likeness (QED) is 0.729. The van der Waals surface area contributed by atoms with Crippen LogP contribution in [0.4, 0.5) is 0 Å². The highest BCUT2D eigenvalue weighted by Crippen LogP contribution is 2.50. The Labute approximate surface area is 196 Å². The Balaban J connectivity index is 1.37. The van der Waals surface area contributed by atoms with E-state index < -0.39 is 9.84 Å². The topological polar surface area (TPSA) is 77.9 Å². The number of rotatable bonds is 5. The number of piperidine rings is 2. The van der Waals surface area contributed by atoms with Crippen LogP contribution in [0, 0.1) is 5.92 Å². The number of carbonyl (C=O) groups is 1. The summed E-state index contributed by atoms with van der Waals surface area (Å²) in [4.78, 5) is 18.2. The van der Waals surface area contributed by atoms with Gasteiger partial charge in [0.2, 0.25) is 5.91 Å². The molecular weight excluding hydrogens is 436 g/mol. The molecule has 0 aromatic heterocycles. The summed E-state index contributed by atoms with van der Waals surface area (Å²) in [6, 6.07) is 13.7. The SMILES string of the molecule is CS(=O)(=O)c1ccc(-c2ccc3c(c2)[C@@H]2C[C@H]3CCN2C(=O)C2CCN(CCO)CC2)cc1. The van der Waals surface area contributed by atoms with Crippen molar-refractivity contribution < 1.29 is 18.3 Å². The molecule has 0 radical (unpaired) electrons. The van der Waals surface area contributed by atoms with Crippen molar-refractivity contribution in [3.63, 3.8) is 0 Å². The summed E-state index contributed by atoms with van der Waals surface area (Å²) in [6.07, 6.45) is 4.97. The molecule has 1 amide bonds. The van der Waals surface area contributed by atoms with Gasteiger partial charge in [0.25, 0.3) is 0 Å². The molecule has 0 saturated carbocycles. The molecule has 2 aromatic carbocycles. The molecule has 7 heteroatoms. The first-order chi connectivity index (χ1) is 15.8. The minimum absolute atomic E-state index is 0.0762. The van der Waals surface area contributed by atoms with E-state index in [0.29, 0.717) is 17.4 Å². The number of hydrogen-bond donors (Lipinski definition) is 1. The summed E-state index contributed by atoms with van der Waals surface area (Å²) in [7, 11) is -3.22. The van der Waals surface area contributed by atoms with Gasteiger partial charge < -0.3 is 14.9 Å². The second kappa shape index (κ2) is 8.85. The molecule has 2 heterocycles. The number of likely N-dealkylation sites (tertiary alicyclic amines) is 2. The van der Waals surface area contributed by atoms with E-state index in [1.807, 2.05) is 12.1 Å². The van der Waals surface area contributed by atoms with Crippen molar-refractivity contribution in [1.29, 1.82) is 0 Å². The molecule has 2 saturated heterocycles. The third kappa shape index (κ3) is 4.34. The van der Waals surface area contributed by atoms with Gasteiger partial charge in [-0.15, -0.1) is 0 Å². The van der Waals surface area contributed by atoms with Gasteiger partial charge in [-0.05, 0) is 85.1 Å². The molecule has 1 aliphatic carbocycles. The van der Waals surface area contributed by atoms with E-state index in [2.05, 4.69) is 28.0 Å². The van der Waals surface area contributed by atoms with Crippen molar-refractivity contribution >= 4 is 15.7 Å². The molecular formula is C26H32N2O4S. The zero-order chi connectivity index (χ0) is 23.2. The molecule has 2 atom stereocenters. The Morgan fingerprint density at radius 2 is 1.67 bits per heavy atom. The second-order valence-electron chi connectivity index (χ2n) is 9.75. The van der Waals surface area contributed by atoms with Crippen molar-refractivity contribution in [2.75, 3.05) is 39.0 Å². The van der Waals surface area contributed by atoms with Crippen molar-refractivity contribution in [2.45, 2.75) is 42.5 Å². The summed E-state index contributed by atoms with van der Waals surface area (Å²) in [5.74, 6) is 0.882. The monoisotopic (exact) mass is 468 g/mol. The minimum Gasteiger partial charge on any atom is -0.395 e. The van der Waals surface area contributed by atoms with Crippen LogP contribution in [0.1, 0.15) is 48.8 Å². The highest BCUT2D eigenvalue weighted by molar-refractivity contribution is 7.90. The van der Waals surface area contributed by atoms with E-state index in [0.717, 1.165) is 56.4 Å². The van der Waals surface area contributed by atoms with Crippen LogP contribution in [0.5, 0.6) is 0 Å². The van der Waals surface area contributed by atoms with Crippen LogP contribution in [0.3, 0.4) is 0 Å². The summed E-state index contributed by atoms with van der Waals surface area (Å²) in [6.45, 7) is 3.43. The van der Waals surface area contributed by atoms with Gasteiger partial charge in [0.15, 0.2) is 9.84 Å². The Hall–Kier alpha value is -2.22. The fourth-order valence-electron chi connectivity index (χ4n) is 5.90.